The van der Waals surface area contributed by atoms with Crippen LogP contribution in [0.15, 0.2) is 30.3 Å². The lowest BCUT2D eigenvalue weighted by Gasteiger charge is -2.31. The van der Waals surface area contributed by atoms with Gasteiger partial charge in [-0.15, -0.1) is 0 Å². The van der Waals surface area contributed by atoms with Crippen molar-refractivity contribution < 1.29 is 9.53 Å². The highest BCUT2D eigenvalue weighted by Gasteiger charge is 2.14. The highest BCUT2D eigenvalue weighted by atomic mass is 16.5. The van der Waals surface area contributed by atoms with Crippen LogP contribution in [0.1, 0.15) is 12.0 Å². The zero-order valence-electron chi connectivity index (χ0n) is 11.5. The third kappa shape index (κ3) is 3.99. The number of rotatable bonds is 6. The Hall–Kier alpha value is -2.01. The van der Waals surface area contributed by atoms with Gasteiger partial charge in [-0.05, 0) is 24.1 Å². The van der Waals surface area contributed by atoms with Crippen LogP contribution in [-0.2, 0) is 9.53 Å². The maximum atomic E-state index is 10.3. The molecule has 1 aliphatic rings. The van der Waals surface area contributed by atoms with E-state index < -0.39 is 0 Å². The number of anilines is 1. The molecule has 0 unspecified atom stereocenters. The number of carbonyl (C=O) groups is 1. The molecule has 5 nitrogen and oxygen atoms in total. The summed E-state index contributed by atoms with van der Waals surface area (Å²) in [4.78, 5) is 12.6. The summed E-state index contributed by atoms with van der Waals surface area (Å²) in [6.07, 6.45) is 3.69. The van der Waals surface area contributed by atoms with Crippen molar-refractivity contribution in [3.63, 3.8) is 0 Å². The molecule has 1 aliphatic heterocycles. The summed E-state index contributed by atoms with van der Waals surface area (Å²) in [5.74, 6) is 0. The van der Waals surface area contributed by atoms with Gasteiger partial charge in [0.2, 0.25) is 6.41 Å². The van der Waals surface area contributed by atoms with Gasteiger partial charge >= 0.3 is 0 Å². The zero-order valence-corrected chi connectivity index (χ0v) is 11.5. The first-order valence-corrected chi connectivity index (χ1v) is 6.87. The van der Waals surface area contributed by atoms with Crippen molar-refractivity contribution in [1.82, 2.24) is 10.2 Å². The Morgan fingerprint density at radius 1 is 1.30 bits per heavy atom. The van der Waals surface area contributed by atoms with Crippen LogP contribution < -0.4 is 11.1 Å². The van der Waals surface area contributed by atoms with Crippen LogP contribution >= 0.6 is 0 Å². The Kier molecular flexibility index (Phi) is 5.43. The first kappa shape index (κ1) is 14.4. The van der Waals surface area contributed by atoms with Gasteiger partial charge in [-0.1, -0.05) is 18.2 Å². The predicted octanol–water partition coefficient (Wildman–Crippen LogP) is 1.08. The fourth-order valence-corrected chi connectivity index (χ4v) is 2.24. The monoisotopic (exact) mass is 275 g/mol. The summed E-state index contributed by atoms with van der Waals surface area (Å²) in [5.41, 5.74) is 8.83. The van der Waals surface area contributed by atoms with Crippen molar-refractivity contribution in [3.05, 3.63) is 35.9 Å². The Balaban J connectivity index is 2.13. The first-order chi connectivity index (χ1) is 9.81. The standard InChI is InChI=1S/C15H21N3O2/c16-14-5-3-13(4-6-14)15(2-1-7-17-12-19)18-8-10-20-11-9-18/h2-6,12H,1,7-11,16H2,(H,17,19)/b15-2+. The summed E-state index contributed by atoms with van der Waals surface area (Å²) >= 11 is 0. The molecule has 1 heterocycles. The van der Waals surface area contributed by atoms with E-state index in [1.54, 1.807) is 0 Å². The van der Waals surface area contributed by atoms with Crippen LogP contribution in [0.25, 0.3) is 5.70 Å². The van der Waals surface area contributed by atoms with E-state index in [0.717, 1.165) is 50.4 Å². The van der Waals surface area contributed by atoms with E-state index in [2.05, 4.69) is 16.3 Å². The molecule has 0 atom stereocenters. The number of hydrogen-bond acceptors (Lipinski definition) is 4. The summed E-state index contributed by atoms with van der Waals surface area (Å²) in [6.45, 7) is 3.92. The predicted molar refractivity (Wildman–Crippen MR) is 79.9 cm³/mol. The molecule has 2 rings (SSSR count). The maximum Gasteiger partial charge on any atom is 0.207 e. The number of amides is 1. The van der Waals surface area contributed by atoms with Gasteiger partial charge in [0.15, 0.2) is 0 Å². The molecule has 1 saturated heterocycles. The summed E-state index contributed by atoms with van der Waals surface area (Å²) in [7, 11) is 0. The Morgan fingerprint density at radius 3 is 2.65 bits per heavy atom. The van der Waals surface area contributed by atoms with Gasteiger partial charge in [-0.25, -0.2) is 0 Å². The lowest BCUT2D eigenvalue weighted by atomic mass is 10.1. The number of benzene rings is 1. The minimum absolute atomic E-state index is 0.645. The Labute approximate surface area is 119 Å². The molecule has 1 aromatic carbocycles. The number of ether oxygens (including phenoxy) is 1. The average molecular weight is 275 g/mol. The highest BCUT2D eigenvalue weighted by molar-refractivity contribution is 5.65. The molecule has 1 amide bonds. The van der Waals surface area contributed by atoms with Crippen molar-refractivity contribution >= 4 is 17.8 Å². The van der Waals surface area contributed by atoms with Crippen LogP contribution in [0.2, 0.25) is 0 Å². The second-order valence-corrected chi connectivity index (χ2v) is 4.67. The first-order valence-electron chi connectivity index (χ1n) is 6.87. The number of hydrogen-bond donors (Lipinski definition) is 2. The number of nitrogens with zero attached hydrogens (tertiary/aromatic N) is 1. The van der Waals surface area contributed by atoms with E-state index >= 15 is 0 Å². The molecule has 0 aliphatic carbocycles. The van der Waals surface area contributed by atoms with Crippen molar-refractivity contribution in [1.29, 1.82) is 0 Å². The SMILES string of the molecule is Nc1ccc(/C(=C\CCNC=O)N2CCOCC2)cc1. The summed E-state index contributed by atoms with van der Waals surface area (Å²) in [6, 6.07) is 7.88. The van der Waals surface area contributed by atoms with Crippen molar-refractivity contribution in [2.24, 2.45) is 0 Å². The van der Waals surface area contributed by atoms with Gasteiger partial charge in [0.05, 0.1) is 13.2 Å². The molecule has 0 aromatic heterocycles. The quantitative estimate of drug-likeness (QED) is 0.463. The molecule has 1 fully saturated rings. The normalized spacial score (nSPS) is 16.0. The molecule has 108 valence electrons. The number of nitrogens with one attached hydrogen (secondary N) is 1. The topological polar surface area (TPSA) is 67.6 Å². The third-order valence-corrected chi connectivity index (χ3v) is 3.27. The number of morpholine rings is 1. The van der Waals surface area contributed by atoms with E-state index in [1.807, 2.05) is 24.3 Å². The second kappa shape index (κ2) is 7.55. The van der Waals surface area contributed by atoms with Gasteiger partial charge in [-0.2, -0.15) is 0 Å². The summed E-state index contributed by atoms with van der Waals surface area (Å²) < 4.78 is 5.40. The highest BCUT2D eigenvalue weighted by Crippen LogP contribution is 2.22. The van der Waals surface area contributed by atoms with Crippen LogP contribution in [-0.4, -0.2) is 44.2 Å². The Morgan fingerprint density at radius 2 is 2.00 bits per heavy atom. The van der Waals surface area contributed by atoms with Gasteiger partial charge in [0.25, 0.3) is 0 Å². The van der Waals surface area contributed by atoms with Gasteiger partial charge in [-0.3, -0.25) is 4.79 Å². The smallest absolute Gasteiger partial charge is 0.207 e. The maximum absolute atomic E-state index is 10.3. The largest absolute Gasteiger partial charge is 0.399 e. The lowest BCUT2D eigenvalue weighted by Crippen LogP contribution is -2.35. The van der Waals surface area contributed by atoms with Crippen LogP contribution in [0.4, 0.5) is 5.69 Å². The van der Waals surface area contributed by atoms with Crippen LogP contribution in [0.3, 0.4) is 0 Å². The minimum atomic E-state index is 0.645. The summed E-state index contributed by atoms with van der Waals surface area (Å²) in [5, 5.41) is 2.68. The van der Waals surface area contributed by atoms with Crippen molar-refractivity contribution in [2.45, 2.75) is 6.42 Å². The number of nitrogens with two attached hydrogens (primary N) is 1. The molecular formula is C15H21N3O2. The molecule has 1 aromatic rings. The molecule has 20 heavy (non-hydrogen) atoms. The molecule has 5 heteroatoms. The molecule has 3 N–H and O–H groups in total. The molecule has 0 saturated carbocycles. The third-order valence-electron chi connectivity index (χ3n) is 3.27. The van der Waals surface area contributed by atoms with Gasteiger partial charge < -0.3 is 20.7 Å². The van der Waals surface area contributed by atoms with Crippen molar-refractivity contribution in [2.75, 3.05) is 38.6 Å². The van der Waals surface area contributed by atoms with Gasteiger partial charge in [0.1, 0.15) is 0 Å². The molecule has 0 spiro atoms. The second-order valence-electron chi connectivity index (χ2n) is 4.67. The zero-order chi connectivity index (χ0) is 14.2. The molecular weight excluding hydrogens is 254 g/mol. The fraction of sp³-hybridized carbons (Fsp3) is 0.400. The minimum Gasteiger partial charge on any atom is -0.399 e. The molecule has 0 radical (unpaired) electrons. The van der Waals surface area contributed by atoms with Crippen LogP contribution in [0, 0.1) is 0 Å². The average Bonchev–Trinajstić information content (AvgIpc) is 2.50. The van der Waals surface area contributed by atoms with Gasteiger partial charge in [0, 0.05) is 31.0 Å². The number of carbonyl (C=O) groups excluding carboxylic acids is 1. The Bertz CT molecular complexity index is 451. The lowest BCUT2D eigenvalue weighted by molar-refractivity contribution is -0.109. The van der Waals surface area contributed by atoms with Crippen LogP contribution in [0.5, 0.6) is 0 Å². The van der Waals surface area contributed by atoms with Crippen molar-refractivity contribution in [3.8, 4) is 0 Å². The fourth-order valence-electron chi connectivity index (χ4n) is 2.24. The molecule has 0 bridgehead atoms. The van der Waals surface area contributed by atoms with E-state index in [0.29, 0.717) is 6.54 Å². The number of nitrogen functional groups attached to an aromatic ring is 1. The van der Waals surface area contributed by atoms with E-state index in [-0.39, 0.29) is 0 Å². The van der Waals surface area contributed by atoms with E-state index in [9.17, 15) is 4.79 Å². The van der Waals surface area contributed by atoms with E-state index in [4.69, 9.17) is 10.5 Å². The van der Waals surface area contributed by atoms with E-state index in [1.165, 1.54) is 5.70 Å².